The summed E-state index contributed by atoms with van der Waals surface area (Å²) >= 11 is 0. The van der Waals surface area contributed by atoms with Crippen LogP contribution in [0, 0.1) is 22.9 Å². The Balaban J connectivity index is 3.56. The molecule has 0 amide bonds. The van der Waals surface area contributed by atoms with Crippen molar-refractivity contribution in [3.05, 3.63) is 34.7 Å². The highest BCUT2D eigenvalue weighted by atomic mass is 19.2. The third-order valence-corrected chi connectivity index (χ3v) is 3.03. The van der Waals surface area contributed by atoms with Crippen LogP contribution in [0.5, 0.6) is 5.75 Å². The summed E-state index contributed by atoms with van der Waals surface area (Å²) < 4.78 is 63.0. The molecule has 0 aromatic heterocycles. The minimum atomic E-state index is -1.62. The zero-order valence-corrected chi connectivity index (χ0v) is 13.9. The smallest absolute Gasteiger partial charge is 0.343 e. The average Bonchev–Trinajstić information content (AvgIpc) is 2.63. The standard InChI is InChI=1S/C16H16F4N2O4/c1-8(6-17)22-7-10(16(24)26-4-3-21)14(23)9-5-11(18)13(20)15(25-2)12(9)19/h3,5,7-8,21,23H,4,6H2,1-2H3. The highest BCUT2D eigenvalue weighted by Gasteiger charge is 2.25. The number of benzene rings is 1. The van der Waals surface area contributed by atoms with E-state index in [0.717, 1.165) is 19.5 Å². The summed E-state index contributed by atoms with van der Waals surface area (Å²) in [5.41, 5.74) is -1.62. The fraction of sp³-hybridized carbons (Fsp3) is 0.312. The molecule has 0 saturated heterocycles. The number of hydrogen-bond donors (Lipinski definition) is 2. The molecule has 142 valence electrons. The van der Waals surface area contributed by atoms with Gasteiger partial charge in [0.25, 0.3) is 0 Å². The van der Waals surface area contributed by atoms with E-state index in [4.69, 9.17) is 5.41 Å². The lowest BCUT2D eigenvalue weighted by atomic mass is 10.1. The molecule has 0 aliphatic rings. The Hall–Kier alpha value is -2.91. The van der Waals surface area contributed by atoms with Gasteiger partial charge in [-0.2, -0.15) is 4.39 Å². The predicted octanol–water partition coefficient (Wildman–Crippen LogP) is 3.00. The topological polar surface area (TPSA) is 92.0 Å². The van der Waals surface area contributed by atoms with E-state index in [1.165, 1.54) is 6.92 Å². The molecular weight excluding hydrogens is 360 g/mol. The van der Waals surface area contributed by atoms with Crippen LogP contribution in [0.2, 0.25) is 0 Å². The Morgan fingerprint density at radius 3 is 2.58 bits per heavy atom. The maximum Gasteiger partial charge on any atom is 0.343 e. The molecular formula is C16H16F4N2O4. The van der Waals surface area contributed by atoms with E-state index in [2.05, 4.69) is 14.5 Å². The summed E-state index contributed by atoms with van der Waals surface area (Å²) in [5, 5.41) is 17.0. The number of alkyl halides is 1. The number of carbonyl (C=O) groups excluding carboxylic acids is 1. The Bertz CT molecular complexity index is 750. The van der Waals surface area contributed by atoms with Gasteiger partial charge in [0.1, 0.15) is 24.6 Å². The quantitative estimate of drug-likeness (QED) is 0.182. The van der Waals surface area contributed by atoms with Gasteiger partial charge in [-0.1, -0.05) is 0 Å². The summed E-state index contributed by atoms with van der Waals surface area (Å²) in [6.45, 7) is 0.00834. The largest absolute Gasteiger partial charge is 0.506 e. The number of methoxy groups -OCH3 is 1. The SMILES string of the molecule is COc1c(F)c(F)cc(C(O)=C(C=NC(C)CF)C(=O)OCC=N)c1F. The first kappa shape index (κ1) is 21.1. The summed E-state index contributed by atoms with van der Waals surface area (Å²) in [6, 6.07) is -0.573. The molecule has 1 rings (SSSR count). The van der Waals surface area contributed by atoms with Crippen molar-refractivity contribution >= 4 is 24.2 Å². The van der Waals surface area contributed by atoms with E-state index < -0.39 is 65.4 Å². The zero-order chi connectivity index (χ0) is 19.9. The number of nitrogens with zero attached hydrogens (tertiary/aromatic N) is 1. The number of ether oxygens (including phenoxy) is 2. The van der Waals surface area contributed by atoms with Crippen LogP contribution in [0.1, 0.15) is 12.5 Å². The number of hydrogen-bond acceptors (Lipinski definition) is 6. The first-order valence-corrected chi connectivity index (χ1v) is 7.18. The minimum Gasteiger partial charge on any atom is -0.506 e. The second-order valence-corrected chi connectivity index (χ2v) is 4.91. The van der Waals surface area contributed by atoms with Gasteiger partial charge in [-0.05, 0) is 13.0 Å². The molecule has 0 radical (unpaired) electrons. The fourth-order valence-electron chi connectivity index (χ4n) is 1.72. The van der Waals surface area contributed by atoms with Crippen molar-refractivity contribution in [2.45, 2.75) is 13.0 Å². The van der Waals surface area contributed by atoms with Crippen LogP contribution in [-0.2, 0) is 9.53 Å². The third-order valence-electron chi connectivity index (χ3n) is 3.03. The molecule has 0 heterocycles. The van der Waals surface area contributed by atoms with Gasteiger partial charge in [0, 0.05) is 12.4 Å². The molecule has 0 spiro atoms. The van der Waals surface area contributed by atoms with Gasteiger partial charge in [-0.3, -0.25) is 4.99 Å². The lowest BCUT2D eigenvalue weighted by Crippen LogP contribution is -2.15. The van der Waals surface area contributed by atoms with Crippen LogP contribution in [-0.4, -0.2) is 49.9 Å². The maximum atomic E-state index is 14.3. The number of aliphatic hydroxyl groups excluding tert-OH is 1. The summed E-state index contributed by atoms with van der Waals surface area (Å²) in [6.07, 6.45) is 1.45. The molecule has 26 heavy (non-hydrogen) atoms. The van der Waals surface area contributed by atoms with E-state index in [1.807, 2.05) is 0 Å². The molecule has 10 heteroatoms. The van der Waals surface area contributed by atoms with Crippen molar-refractivity contribution in [1.29, 1.82) is 5.41 Å². The van der Waals surface area contributed by atoms with Crippen LogP contribution in [0.3, 0.4) is 0 Å². The Morgan fingerprint density at radius 1 is 1.38 bits per heavy atom. The Kier molecular flexibility index (Phi) is 7.76. The van der Waals surface area contributed by atoms with E-state index in [9.17, 15) is 27.5 Å². The molecule has 6 nitrogen and oxygen atoms in total. The molecule has 0 bridgehead atoms. The molecule has 2 N–H and O–H groups in total. The molecule has 1 atom stereocenters. The number of halogens is 4. The van der Waals surface area contributed by atoms with Gasteiger partial charge >= 0.3 is 5.97 Å². The number of carbonyl (C=O) groups is 1. The fourth-order valence-corrected chi connectivity index (χ4v) is 1.72. The summed E-state index contributed by atoms with van der Waals surface area (Å²) in [4.78, 5) is 15.6. The first-order valence-electron chi connectivity index (χ1n) is 7.18. The van der Waals surface area contributed by atoms with Crippen molar-refractivity contribution in [1.82, 2.24) is 0 Å². The van der Waals surface area contributed by atoms with Gasteiger partial charge in [0.05, 0.1) is 18.7 Å². The molecule has 0 aliphatic heterocycles. The normalized spacial score (nSPS) is 13.3. The number of rotatable bonds is 8. The lowest BCUT2D eigenvalue weighted by Gasteiger charge is -2.11. The molecule has 0 aliphatic carbocycles. The zero-order valence-electron chi connectivity index (χ0n) is 13.9. The van der Waals surface area contributed by atoms with Gasteiger partial charge < -0.3 is 20.0 Å². The Morgan fingerprint density at radius 2 is 2.04 bits per heavy atom. The third kappa shape index (κ3) is 4.80. The number of aliphatic hydroxyl groups is 1. The monoisotopic (exact) mass is 376 g/mol. The molecule has 0 fully saturated rings. The molecule has 0 saturated carbocycles. The molecule has 1 aromatic carbocycles. The van der Waals surface area contributed by atoms with Crippen LogP contribution < -0.4 is 4.74 Å². The predicted molar refractivity (Wildman–Crippen MR) is 86.1 cm³/mol. The number of aliphatic imine (C=N–C) groups is 1. The van der Waals surface area contributed by atoms with Crippen molar-refractivity contribution < 1.29 is 36.9 Å². The van der Waals surface area contributed by atoms with Gasteiger partial charge in [0.2, 0.25) is 5.82 Å². The van der Waals surface area contributed by atoms with Crippen molar-refractivity contribution in [3.63, 3.8) is 0 Å². The van der Waals surface area contributed by atoms with Crippen molar-refractivity contribution in [2.24, 2.45) is 4.99 Å². The van der Waals surface area contributed by atoms with Crippen LogP contribution in [0.15, 0.2) is 16.6 Å². The van der Waals surface area contributed by atoms with E-state index >= 15 is 0 Å². The van der Waals surface area contributed by atoms with Crippen LogP contribution in [0.4, 0.5) is 17.6 Å². The van der Waals surface area contributed by atoms with E-state index in [1.54, 1.807) is 0 Å². The summed E-state index contributed by atoms with van der Waals surface area (Å²) in [7, 11) is 0.884. The van der Waals surface area contributed by atoms with Gasteiger partial charge in [-0.15, -0.1) is 0 Å². The van der Waals surface area contributed by atoms with Crippen molar-refractivity contribution in [2.75, 3.05) is 20.4 Å². The van der Waals surface area contributed by atoms with Crippen LogP contribution >= 0.6 is 0 Å². The second kappa shape index (κ2) is 9.54. The van der Waals surface area contributed by atoms with Gasteiger partial charge in [0.15, 0.2) is 17.4 Å². The molecule has 1 aromatic rings. The van der Waals surface area contributed by atoms with E-state index in [-0.39, 0.29) is 0 Å². The van der Waals surface area contributed by atoms with Crippen molar-refractivity contribution in [3.8, 4) is 5.75 Å². The second-order valence-electron chi connectivity index (χ2n) is 4.91. The first-order chi connectivity index (χ1) is 12.3. The van der Waals surface area contributed by atoms with Gasteiger partial charge in [-0.25, -0.2) is 18.0 Å². The highest BCUT2D eigenvalue weighted by molar-refractivity contribution is 6.15. The highest BCUT2D eigenvalue weighted by Crippen LogP contribution is 2.31. The lowest BCUT2D eigenvalue weighted by molar-refractivity contribution is -0.136. The minimum absolute atomic E-state index is 0.318. The maximum absolute atomic E-state index is 14.3. The van der Waals surface area contributed by atoms with Crippen LogP contribution in [0.25, 0.3) is 5.76 Å². The number of nitrogens with one attached hydrogen (secondary N) is 1. The number of esters is 1. The average molecular weight is 376 g/mol. The Labute approximate surface area is 146 Å². The van der Waals surface area contributed by atoms with E-state index in [0.29, 0.717) is 6.07 Å². The summed E-state index contributed by atoms with van der Waals surface area (Å²) in [5.74, 6) is -8.07. The molecule has 1 unspecified atom stereocenters.